The number of aryl methyl sites for hydroxylation is 3. The van der Waals surface area contributed by atoms with Crippen LogP contribution in [0.1, 0.15) is 34.8 Å². The molecule has 112 valence electrons. The predicted molar refractivity (Wildman–Crippen MR) is 80.4 cm³/mol. The SMILES string of the molecule is Cc1cc(C)c(C(O)C2(CN)CCS(=O)(=O)C2)c(C)c1. The first-order valence-corrected chi connectivity index (χ1v) is 8.69. The van der Waals surface area contributed by atoms with Crippen molar-refractivity contribution >= 4 is 9.84 Å². The number of aliphatic hydroxyl groups excluding tert-OH is 1. The Morgan fingerprint density at radius 3 is 2.25 bits per heavy atom. The summed E-state index contributed by atoms with van der Waals surface area (Å²) in [5.41, 5.74) is 9.04. The van der Waals surface area contributed by atoms with Crippen molar-refractivity contribution in [2.45, 2.75) is 33.3 Å². The van der Waals surface area contributed by atoms with Gasteiger partial charge in [-0.2, -0.15) is 0 Å². The number of sulfone groups is 1. The molecule has 1 aliphatic rings. The van der Waals surface area contributed by atoms with Gasteiger partial charge in [0.05, 0.1) is 17.6 Å². The summed E-state index contributed by atoms with van der Waals surface area (Å²) in [5.74, 6) is 0.0929. The topological polar surface area (TPSA) is 80.4 Å². The van der Waals surface area contributed by atoms with E-state index in [4.69, 9.17) is 5.73 Å². The van der Waals surface area contributed by atoms with Crippen LogP contribution in [-0.4, -0.2) is 31.6 Å². The van der Waals surface area contributed by atoms with Crippen LogP contribution in [0.2, 0.25) is 0 Å². The normalized spacial score (nSPS) is 26.6. The van der Waals surface area contributed by atoms with Gasteiger partial charge in [0.15, 0.2) is 9.84 Å². The Morgan fingerprint density at radius 1 is 1.30 bits per heavy atom. The van der Waals surface area contributed by atoms with Crippen molar-refractivity contribution < 1.29 is 13.5 Å². The van der Waals surface area contributed by atoms with Crippen LogP contribution in [0.5, 0.6) is 0 Å². The summed E-state index contributed by atoms with van der Waals surface area (Å²) in [5, 5.41) is 10.8. The van der Waals surface area contributed by atoms with E-state index in [9.17, 15) is 13.5 Å². The Bertz CT molecular complexity index is 601. The van der Waals surface area contributed by atoms with E-state index in [0.717, 1.165) is 22.3 Å². The fourth-order valence-corrected chi connectivity index (χ4v) is 5.52. The summed E-state index contributed by atoms with van der Waals surface area (Å²) >= 11 is 0. The van der Waals surface area contributed by atoms with Crippen LogP contribution in [0.4, 0.5) is 0 Å². The Morgan fingerprint density at radius 2 is 1.85 bits per heavy atom. The predicted octanol–water partition coefficient (Wildman–Crippen LogP) is 1.41. The third-order valence-electron chi connectivity index (χ3n) is 4.42. The van der Waals surface area contributed by atoms with Crippen molar-refractivity contribution in [1.29, 1.82) is 0 Å². The van der Waals surface area contributed by atoms with E-state index in [1.165, 1.54) is 0 Å². The van der Waals surface area contributed by atoms with Crippen molar-refractivity contribution in [3.8, 4) is 0 Å². The van der Waals surface area contributed by atoms with Gasteiger partial charge >= 0.3 is 0 Å². The first-order chi connectivity index (χ1) is 9.21. The second-order valence-electron chi connectivity index (χ2n) is 6.12. The van der Waals surface area contributed by atoms with Crippen LogP contribution in [0.3, 0.4) is 0 Å². The first kappa shape index (κ1) is 15.5. The van der Waals surface area contributed by atoms with E-state index >= 15 is 0 Å². The van der Waals surface area contributed by atoms with Crippen molar-refractivity contribution in [2.75, 3.05) is 18.1 Å². The molecule has 2 atom stereocenters. The minimum atomic E-state index is -3.09. The Labute approximate surface area is 120 Å². The van der Waals surface area contributed by atoms with Gasteiger partial charge in [0, 0.05) is 12.0 Å². The second-order valence-corrected chi connectivity index (χ2v) is 8.31. The number of rotatable bonds is 3. The lowest BCUT2D eigenvalue weighted by atomic mass is 9.76. The lowest BCUT2D eigenvalue weighted by Gasteiger charge is -2.34. The molecule has 0 aromatic heterocycles. The lowest BCUT2D eigenvalue weighted by molar-refractivity contribution is 0.0462. The fourth-order valence-electron chi connectivity index (χ4n) is 3.36. The maximum Gasteiger partial charge on any atom is 0.151 e. The highest BCUT2D eigenvalue weighted by Gasteiger charge is 2.47. The minimum absolute atomic E-state index is 0.0234. The summed E-state index contributed by atoms with van der Waals surface area (Å²) in [6, 6.07) is 4.03. The van der Waals surface area contributed by atoms with Gasteiger partial charge in [0.25, 0.3) is 0 Å². The van der Waals surface area contributed by atoms with E-state index in [1.54, 1.807) is 0 Å². The van der Waals surface area contributed by atoms with Gasteiger partial charge < -0.3 is 10.8 Å². The molecule has 1 aromatic carbocycles. The zero-order chi connectivity index (χ0) is 15.1. The molecule has 4 nitrogen and oxygen atoms in total. The van der Waals surface area contributed by atoms with Gasteiger partial charge in [0.1, 0.15) is 0 Å². The minimum Gasteiger partial charge on any atom is -0.388 e. The summed E-state index contributed by atoms with van der Waals surface area (Å²) in [4.78, 5) is 0. The summed E-state index contributed by atoms with van der Waals surface area (Å²) < 4.78 is 23.6. The quantitative estimate of drug-likeness (QED) is 0.884. The Balaban J connectivity index is 2.48. The summed E-state index contributed by atoms with van der Waals surface area (Å²) in [6.45, 7) is 6.09. The molecule has 20 heavy (non-hydrogen) atoms. The molecule has 2 unspecified atom stereocenters. The average molecular weight is 297 g/mol. The second kappa shape index (κ2) is 5.13. The van der Waals surface area contributed by atoms with E-state index in [-0.39, 0.29) is 18.1 Å². The number of aliphatic hydroxyl groups is 1. The van der Waals surface area contributed by atoms with Gasteiger partial charge in [-0.1, -0.05) is 17.7 Å². The van der Waals surface area contributed by atoms with Crippen molar-refractivity contribution in [1.82, 2.24) is 0 Å². The molecule has 0 saturated carbocycles. The molecule has 1 heterocycles. The molecule has 0 aliphatic carbocycles. The molecular weight excluding hydrogens is 274 g/mol. The molecular formula is C15H23NO3S. The third kappa shape index (κ3) is 2.62. The zero-order valence-electron chi connectivity index (χ0n) is 12.3. The molecule has 0 bridgehead atoms. The molecule has 1 aromatic rings. The standard InChI is InChI=1S/C15H23NO3S/c1-10-6-11(2)13(12(3)7-10)14(17)15(8-16)4-5-20(18,19)9-15/h6-7,14,17H,4-5,8-9,16H2,1-3H3. The van der Waals surface area contributed by atoms with E-state index < -0.39 is 21.4 Å². The van der Waals surface area contributed by atoms with Crippen LogP contribution in [-0.2, 0) is 9.84 Å². The molecule has 3 N–H and O–H groups in total. The van der Waals surface area contributed by atoms with Gasteiger partial charge in [-0.05, 0) is 43.9 Å². The first-order valence-electron chi connectivity index (χ1n) is 6.87. The maximum atomic E-state index is 11.8. The summed E-state index contributed by atoms with van der Waals surface area (Å²) in [7, 11) is -3.09. The Kier molecular flexibility index (Phi) is 3.97. The highest BCUT2D eigenvalue weighted by Crippen LogP contribution is 2.44. The Hall–Kier alpha value is -0.910. The zero-order valence-corrected chi connectivity index (χ0v) is 13.1. The van der Waals surface area contributed by atoms with Gasteiger partial charge in [-0.25, -0.2) is 8.42 Å². The molecule has 1 saturated heterocycles. The number of hydrogen-bond donors (Lipinski definition) is 2. The van der Waals surface area contributed by atoms with Crippen LogP contribution < -0.4 is 5.73 Å². The van der Waals surface area contributed by atoms with Gasteiger partial charge in [-0.15, -0.1) is 0 Å². The van der Waals surface area contributed by atoms with Crippen LogP contribution in [0.25, 0.3) is 0 Å². The van der Waals surface area contributed by atoms with Crippen LogP contribution in [0, 0.1) is 26.2 Å². The molecule has 2 rings (SSSR count). The number of nitrogens with two attached hydrogens (primary N) is 1. The molecule has 0 amide bonds. The number of hydrogen-bond acceptors (Lipinski definition) is 4. The molecule has 1 aliphatic heterocycles. The van der Waals surface area contributed by atoms with Crippen molar-refractivity contribution in [3.63, 3.8) is 0 Å². The smallest absolute Gasteiger partial charge is 0.151 e. The third-order valence-corrected chi connectivity index (χ3v) is 6.26. The van der Waals surface area contributed by atoms with Gasteiger partial charge in [-0.3, -0.25) is 0 Å². The van der Waals surface area contributed by atoms with Crippen molar-refractivity contribution in [3.05, 3.63) is 34.4 Å². The monoisotopic (exact) mass is 297 g/mol. The van der Waals surface area contributed by atoms with E-state index in [0.29, 0.717) is 6.42 Å². The van der Waals surface area contributed by atoms with Crippen molar-refractivity contribution in [2.24, 2.45) is 11.1 Å². The van der Waals surface area contributed by atoms with E-state index in [1.807, 2.05) is 32.9 Å². The molecule has 1 fully saturated rings. The summed E-state index contributed by atoms with van der Waals surface area (Å²) in [6.07, 6.45) is -0.398. The highest BCUT2D eigenvalue weighted by atomic mass is 32.2. The fraction of sp³-hybridized carbons (Fsp3) is 0.600. The lowest BCUT2D eigenvalue weighted by Crippen LogP contribution is -2.38. The average Bonchev–Trinajstić information content (AvgIpc) is 2.65. The van der Waals surface area contributed by atoms with E-state index in [2.05, 4.69) is 0 Å². The van der Waals surface area contributed by atoms with Crippen LogP contribution in [0.15, 0.2) is 12.1 Å². The van der Waals surface area contributed by atoms with Gasteiger partial charge in [0.2, 0.25) is 0 Å². The molecule has 0 radical (unpaired) electrons. The largest absolute Gasteiger partial charge is 0.388 e. The molecule has 0 spiro atoms. The van der Waals surface area contributed by atoms with Crippen LogP contribution >= 0.6 is 0 Å². The maximum absolute atomic E-state index is 11.8. The molecule has 5 heteroatoms. The highest BCUT2D eigenvalue weighted by molar-refractivity contribution is 7.91. The number of benzene rings is 1.